The number of nitrogens with zero attached hydrogens (tertiary/aromatic N) is 3. The van der Waals surface area contributed by atoms with Crippen LogP contribution in [0, 0.1) is 0 Å². The van der Waals surface area contributed by atoms with Crippen LogP contribution in [-0.4, -0.2) is 76.0 Å². The first-order valence-corrected chi connectivity index (χ1v) is 11.9. The molecule has 0 bridgehead atoms. The third-order valence-electron chi connectivity index (χ3n) is 7.08. The summed E-state index contributed by atoms with van der Waals surface area (Å²) in [5.41, 5.74) is 1.88. The van der Waals surface area contributed by atoms with Crippen LogP contribution in [0.15, 0.2) is 30.3 Å². The molecule has 4 amide bonds. The predicted octanol–water partition coefficient (Wildman–Crippen LogP) is 3.90. The largest absolute Gasteiger partial charge is 0.497 e. The minimum absolute atomic E-state index is 0.279. The summed E-state index contributed by atoms with van der Waals surface area (Å²) in [7, 11) is 6.27. The molecular formula is C25H30N4O9. The van der Waals surface area contributed by atoms with E-state index < -0.39 is 36.0 Å². The van der Waals surface area contributed by atoms with Crippen LogP contribution in [0.1, 0.15) is 31.2 Å². The summed E-state index contributed by atoms with van der Waals surface area (Å²) >= 11 is 0. The number of anilines is 1. The van der Waals surface area contributed by atoms with Crippen molar-refractivity contribution in [1.82, 2.24) is 15.4 Å². The van der Waals surface area contributed by atoms with Crippen LogP contribution in [0.2, 0.25) is 0 Å². The number of methoxy groups -OCH3 is 5. The molecule has 2 aromatic rings. The fourth-order valence-electron chi connectivity index (χ4n) is 5.51. The van der Waals surface area contributed by atoms with E-state index in [1.807, 2.05) is 6.07 Å². The normalized spacial score (nSPS) is 20.0. The van der Waals surface area contributed by atoms with Gasteiger partial charge in [0.1, 0.15) is 11.3 Å². The van der Waals surface area contributed by atoms with Crippen LogP contribution in [0.4, 0.5) is 24.9 Å². The molecule has 38 heavy (non-hydrogen) atoms. The number of amides is 4. The number of ether oxygens (including phenoxy) is 5. The molecule has 1 fully saturated rings. The molecule has 0 spiro atoms. The summed E-state index contributed by atoms with van der Waals surface area (Å²) in [6.07, 6.45) is -1.52. The highest BCUT2D eigenvalue weighted by Crippen LogP contribution is 2.54. The Labute approximate surface area is 219 Å². The monoisotopic (exact) mass is 530 g/mol. The van der Waals surface area contributed by atoms with Gasteiger partial charge in [0.05, 0.1) is 47.3 Å². The SMILES string of the molecule is COC(=O)NN(C(=O)OC)C12CCCCC1N(C(=O)OC)N(C(=O)OC)c1c2ccc2cc(OC)ccc12. The number of hydrogen-bond acceptors (Lipinski definition) is 9. The summed E-state index contributed by atoms with van der Waals surface area (Å²) in [6.45, 7) is 0. The number of carbonyl (C=O) groups excluding carboxylic acids is 4. The summed E-state index contributed by atoms with van der Waals surface area (Å²) < 4.78 is 25.4. The number of hydrazine groups is 2. The fraction of sp³-hybridized carbons (Fsp3) is 0.440. The van der Waals surface area contributed by atoms with Crippen molar-refractivity contribution < 1.29 is 42.9 Å². The Morgan fingerprint density at radius 3 is 2.29 bits per heavy atom. The van der Waals surface area contributed by atoms with Crippen LogP contribution in [0.25, 0.3) is 10.8 Å². The zero-order chi connectivity index (χ0) is 27.6. The molecule has 2 aromatic carbocycles. The molecule has 13 nitrogen and oxygen atoms in total. The van der Waals surface area contributed by atoms with Gasteiger partial charge in [0.25, 0.3) is 0 Å². The highest BCUT2D eigenvalue weighted by molar-refractivity contribution is 6.05. The highest BCUT2D eigenvalue weighted by Gasteiger charge is 2.61. The van der Waals surface area contributed by atoms with Gasteiger partial charge in [0, 0.05) is 10.9 Å². The lowest BCUT2D eigenvalue weighted by Gasteiger charge is -2.58. The van der Waals surface area contributed by atoms with Crippen molar-refractivity contribution in [2.45, 2.75) is 37.3 Å². The molecule has 2 aliphatic rings. The smallest absolute Gasteiger partial charge is 0.433 e. The lowest BCUT2D eigenvalue weighted by atomic mass is 9.69. The third kappa shape index (κ3) is 4.03. The number of fused-ring (bicyclic) bond motifs is 5. The van der Waals surface area contributed by atoms with Gasteiger partial charge in [-0.05, 0) is 36.4 Å². The van der Waals surface area contributed by atoms with E-state index in [0.29, 0.717) is 47.8 Å². The highest BCUT2D eigenvalue weighted by atomic mass is 16.6. The first-order chi connectivity index (χ1) is 18.3. The summed E-state index contributed by atoms with van der Waals surface area (Å²) in [5, 5.41) is 4.57. The lowest BCUT2D eigenvalue weighted by molar-refractivity contribution is -0.0573. The van der Waals surface area contributed by atoms with Crippen molar-refractivity contribution in [3.63, 3.8) is 0 Å². The molecule has 1 N–H and O–H groups in total. The standard InChI is InChI=1S/C25H30N4O9/c1-34-16-10-11-17-15(14-16)9-12-18-20(17)28(23(32)37-4)27(22(31)36-3)19-8-6-7-13-25(18,19)29(24(33)38-5)26-21(30)35-2/h9-12,14,19H,6-8,13H2,1-5H3,(H,26,30). The molecule has 13 heteroatoms. The van der Waals surface area contributed by atoms with E-state index in [2.05, 4.69) is 5.43 Å². The summed E-state index contributed by atoms with van der Waals surface area (Å²) in [6, 6.07) is 7.95. The van der Waals surface area contributed by atoms with Gasteiger partial charge in [-0.15, -0.1) is 0 Å². The quantitative estimate of drug-likeness (QED) is 0.453. The number of carbonyl (C=O) groups is 4. The zero-order valence-electron chi connectivity index (χ0n) is 21.8. The number of nitrogens with one attached hydrogen (secondary N) is 1. The first kappa shape index (κ1) is 26.6. The molecule has 0 radical (unpaired) electrons. The molecule has 2 atom stereocenters. The maximum absolute atomic E-state index is 13.4. The van der Waals surface area contributed by atoms with E-state index in [1.165, 1.54) is 28.4 Å². The molecule has 0 saturated heterocycles. The van der Waals surface area contributed by atoms with Gasteiger partial charge in [0.2, 0.25) is 0 Å². The Hall–Kier alpha value is -4.42. The Morgan fingerprint density at radius 2 is 1.66 bits per heavy atom. The van der Waals surface area contributed by atoms with E-state index in [1.54, 1.807) is 24.3 Å². The molecule has 1 saturated carbocycles. The molecule has 4 rings (SSSR count). The molecule has 2 unspecified atom stereocenters. The van der Waals surface area contributed by atoms with Crippen molar-refractivity contribution in [3.05, 3.63) is 35.9 Å². The second-order valence-corrected chi connectivity index (χ2v) is 8.74. The van der Waals surface area contributed by atoms with E-state index in [0.717, 1.165) is 22.1 Å². The van der Waals surface area contributed by atoms with Crippen LogP contribution in [-0.2, 0) is 24.5 Å². The average molecular weight is 531 g/mol. The van der Waals surface area contributed by atoms with Crippen molar-refractivity contribution in [1.29, 1.82) is 0 Å². The van der Waals surface area contributed by atoms with Crippen LogP contribution < -0.4 is 15.2 Å². The van der Waals surface area contributed by atoms with E-state index in [-0.39, 0.29) is 5.69 Å². The van der Waals surface area contributed by atoms with Gasteiger partial charge in [0.15, 0.2) is 0 Å². The average Bonchev–Trinajstić information content (AvgIpc) is 2.96. The maximum Gasteiger partial charge on any atom is 0.433 e. The van der Waals surface area contributed by atoms with Crippen LogP contribution in [0.5, 0.6) is 5.75 Å². The van der Waals surface area contributed by atoms with Gasteiger partial charge in [-0.25, -0.2) is 34.6 Å². The second kappa shape index (κ2) is 10.5. The van der Waals surface area contributed by atoms with Gasteiger partial charge >= 0.3 is 24.4 Å². The Balaban J connectivity index is 2.14. The molecule has 0 aromatic heterocycles. The second-order valence-electron chi connectivity index (χ2n) is 8.74. The molecule has 204 valence electrons. The number of benzene rings is 2. The number of hydrogen-bond donors (Lipinski definition) is 1. The fourth-order valence-corrected chi connectivity index (χ4v) is 5.51. The van der Waals surface area contributed by atoms with Gasteiger partial charge in [-0.3, -0.25) is 0 Å². The zero-order valence-corrected chi connectivity index (χ0v) is 21.8. The van der Waals surface area contributed by atoms with E-state index >= 15 is 0 Å². The Kier molecular flexibility index (Phi) is 7.37. The maximum atomic E-state index is 13.4. The Bertz CT molecular complexity index is 1270. The van der Waals surface area contributed by atoms with E-state index in [9.17, 15) is 19.2 Å². The molecular weight excluding hydrogens is 500 g/mol. The van der Waals surface area contributed by atoms with Crippen molar-refractivity contribution in [2.24, 2.45) is 0 Å². The minimum Gasteiger partial charge on any atom is -0.497 e. The lowest BCUT2D eigenvalue weighted by Crippen LogP contribution is -2.73. The first-order valence-electron chi connectivity index (χ1n) is 11.9. The van der Waals surface area contributed by atoms with Crippen molar-refractivity contribution >= 4 is 40.8 Å². The van der Waals surface area contributed by atoms with Crippen molar-refractivity contribution in [2.75, 3.05) is 40.6 Å². The van der Waals surface area contributed by atoms with Crippen molar-refractivity contribution in [3.8, 4) is 5.75 Å². The minimum atomic E-state index is -1.37. The van der Waals surface area contributed by atoms with Gasteiger partial charge < -0.3 is 23.7 Å². The van der Waals surface area contributed by atoms with E-state index in [4.69, 9.17) is 23.7 Å². The van der Waals surface area contributed by atoms with Gasteiger partial charge in [-0.1, -0.05) is 25.0 Å². The third-order valence-corrected chi connectivity index (χ3v) is 7.08. The van der Waals surface area contributed by atoms with Crippen LogP contribution >= 0.6 is 0 Å². The summed E-state index contributed by atoms with van der Waals surface area (Å²) in [4.78, 5) is 52.4. The molecule has 1 heterocycles. The topological polar surface area (TPSA) is 136 Å². The van der Waals surface area contributed by atoms with Crippen LogP contribution in [0.3, 0.4) is 0 Å². The molecule has 1 aliphatic heterocycles. The van der Waals surface area contributed by atoms with Gasteiger partial charge in [-0.2, -0.15) is 5.01 Å². The summed E-state index contributed by atoms with van der Waals surface area (Å²) in [5.74, 6) is 0.580. The predicted molar refractivity (Wildman–Crippen MR) is 133 cm³/mol. The molecule has 1 aliphatic carbocycles. The Morgan fingerprint density at radius 1 is 0.921 bits per heavy atom. The number of rotatable bonds is 2.